The van der Waals surface area contributed by atoms with Crippen molar-refractivity contribution in [2.45, 2.75) is 13.5 Å². The van der Waals surface area contributed by atoms with Crippen LogP contribution in [0.2, 0.25) is 5.02 Å². The topological polar surface area (TPSA) is 138 Å². The lowest BCUT2D eigenvalue weighted by molar-refractivity contribution is -0.143. The molecule has 1 amide bonds. The molecule has 3 aromatic heterocycles. The first-order valence-corrected chi connectivity index (χ1v) is 13.2. The fourth-order valence-electron chi connectivity index (χ4n) is 4.33. The number of pyridine rings is 3. The maximum absolute atomic E-state index is 15.1. The minimum Gasteiger partial charge on any atom is -0.465 e. The summed E-state index contributed by atoms with van der Waals surface area (Å²) in [5, 5.41) is 2.89. The van der Waals surface area contributed by atoms with Gasteiger partial charge in [0.05, 0.1) is 17.5 Å². The van der Waals surface area contributed by atoms with Gasteiger partial charge in [-0.25, -0.2) is 18.7 Å². The Balaban J connectivity index is 1.55. The van der Waals surface area contributed by atoms with E-state index < -0.39 is 28.9 Å². The largest absolute Gasteiger partial charge is 0.465 e. The van der Waals surface area contributed by atoms with Crippen LogP contribution in [-0.2, 0) is 16.1 Å². The first-order valence-electron chi connectivity index (χ1n) is 12.8. The molecule has 0 unspecified atom stereocenters. The van der Waals surface area contributed by atoms with Crippen LogP contribution in [0.4, 0.5) is 20.3 Å². The van der Waals surface area contributed by atoms with Crippen LogP contribution in [0.1, 0.15) is 17.4 Å². The summed E-state index contributed by atoms with van der Waals surface area (Å²) in [5.74, 6) is -2.84. The first-order chi connectivity index (χ1) is 20.7. The van der Waals surface area contributed by atoms with E-state index in [2.05, 4.69) is 15.3 Å². The Hall–Kier alpha value is -5.36. The van der Waals surface area contributed by atoms with Gasteiger partial charge in [-0.2, -0.15) is 0 Å². The van der Waals surface area contributed by atoms with Crippen LogP contribution in [0.5, 0.6) is 11.5 Å². The fraction of sp³-hybridized carbons (Fsp3) is 0.100. The van der Waals surface area contributed by atoms with Crippen molar-refractivity contribution in [3.63, 3.8) is 0 Å². The van der Waals surface area contributed by atoms with E-state index in [9.17, 15) is 18.8 Å². The number of hydrogen-bond donors (Lipinski definition) is 2. The molecule has 3 N–H and O–H groups in total. The number of carbonyl (C=O) groups excluding carboxylic acids is 2. The van der Waals surface area contributed by atoms with E-state index in [1.54, 1.807) is 13.0 Å². The van der Waals surface area contributed by atoms with Crippen LogP contribution in [0.25, 0.3) is 22.0 Å². The zero-order chi connectivity index (χ0) is 30.7. The van der Waals surface area contributed by atoms with Crippen molar-refractivity contribution in [2.75, 3.05) is 11.9 Å². The lowest BCUT2D eigenvalue weighted by atomic mass is 10.0. The molecule has 0 bridgehead atoms. The minimum atomic E-state index is -0.873. The molecule has 218 valence electrons. The quantitative estimate of drug-likeness (QED) is 0.207. The molecule has 0 saturated carbocycles. The highest BCUT2D eigenvalue weighted by Gasteiger charge is 2.19. The SMILES string of the molecule is CCOC(=O)Cn1cc(-c2ccc(F)cc2)c(=O)c2c(Nc3ccc(Oc4ccnc(C(N)=O)c4Cl)c(F)c3)nccc21. The van der Waals surface area contributed by atoms with Gasteiger partial charge >= 0.3 is 5.97 Å². The van der Waals surface area contributed by atoms with E-state index in [0.717, 1.165) is 6.07 Å². The Bertz CT molecular complexity index is 1930. The number of rotatable bonds is 9. The maximum Gasteiger partial charge on any atom is 0.325 e. The summed E-state index contributed by atoms with van der Waals surface area (Å²) in [6.07, 6.45) is 4.17. The second kappa shape index (κ2) is 12.2. The number of nitrogens with one attached hydrogen (secondary N) is 1. The van der Waals surface area contributed by atoms with Gasteiger partial charge in [-0.3, -0.25) is 14.4 Å². The van der Waals surface area contributed by atoms with E-state index in [0.29, 0.717) is 11.1 Å². The number of amides is 1. The van der Waals surface area contributed by atoms with E-state index >= 15 is 4.39 Å². The predicted octanol–water partition coefficient (Wildman–Crippen LogP) is 5.59. The van der Waals surface area contributed by atoms with Crippen molar-refractivity contribution in [1.82, 2.24) is 14.5 Å². The molecule has 0 atom stereocenters. The van der Waals surface area contributed by atoms with Gasteiger partial charge in [-0.05, 0) is 42.8 Å². The summed E-state index contributed by atoms with van der Waals surface area (Å²) in [7, 11) is 0. The van der Waals surface area contributed by atoms with Crippen molar-refractivity contribution < 1.29 is 27.8 Å². The molecule has 2 aromatic carbocycles. The molecule has 0 radical (unpaired) electrons. The molecule has 0 aliphatic rings. The number of benzene rings is 2. The van der Waals surface area contributed by atoms with Crippen molar-refractivity contribution in [3.8, 4) is 22.6 Å². The summed E-state index contributed by atoms with van der Waals surface area (Å²) < 4.78 is 40.9. The van der Waals surface area contributed by atoms with Crippen LogP contribution in [0.3, 0.4) is 0 Å². The summed E-state index contributed by atoms with van der Waals surface area (Å²) in [4.78, 5) is 45.8. The zero-order valence-corrected chi connectivity index (χ0v) is 23.2. The average molecular weight is 606 g/mol. The number of carbonyl (C=O) groups is 2. The third-order valence-electron chi connectivity index (χ3n) is 6.26. The van der Waals surface area contributed by atoms with Crippen molar-refractivity contribution in [2.24, 2.45) is 5.73 Å². The predicted molar refractivity (Wildman–Crippen MR) is 156 cm³/mol. The van der Waals surface area contributed by atoms with Gasteiger partial charge in [0, 0.05) is 42.0 Å². The van der Waals surface area contributed by atoms with E-state index in [4.69, 9.17) is 26.8 Å². The molecule has 5 rings (SSSR count). The second-order valence-electron chi connectivity index (χ2n) is 9.07. The molecule has 0 aliphatic carbocycles. The Kier molecular flexibility index (Phi) is 8.30. The van der Waals surface area contributed by atoms with Crippen LogP contribution >= 0.6 is 11.6 Å². The molecular weight excluding hydrogens is 584 g/mol. The second-order valence-corrected chi connectivity index (χ2v) is 9.45. The van der Waals surface area contributed by atoms with Crippen LogP contribution < -0.4 is 21.2 Å². The first kappa shape index (κ1) is 29.1. The number of hydrogen-bond acceptors (Lipinski definition) is 8. The maximum atomic E-state index is 15.1. The van der Waals surface area contributed by atoms with Gasteiger partial charge in [0.25, 0.3) is 5.91 Å². The summed E-state index contributed by atoms with van der Waals surface area (Å²) >= 11 is 6.13. The van der Waals surface area contributed by atoms with Gasteiger partial charge < -0.3 is 25.1 Å². The van der Waals surface area contributed by atoms with Gasteiger partial charge in [-0.1, -0.05) is 23.7 Å². The molecule has 0 aliphatic heterocycles. The number of esters is 1. The number of primary amides is 1. The highest BCUT2D eigenvalue weighted by atomic mass is 35.5. The lowest BCUT2D eigenvalue weighted by Crippen LogP contribution is -2.19. The van der Waals surface area contributed by atoms with E-state index in [1.165, 1.54) is 65.6 Å². The Labute approximate surface area is 247 Å². The van der Waals surface area contributed by atoms with Crippen molar-refractivity contribution in [1.29, 1.82) is 0 Å². The standard InChI is InChI=1S/C30H22ClF2N5O5/c1-2-42-24(39)15-38-14-19(16-3-5-17(32)6-4-16)28(40)25-21(38)9-11-36-30(25)37-18-7-8-22(20(33)13-18)43-23-10-12-35-27(26(23)31)29(34)41/h3-14H,2,15H2,1H3,(H2,34,41)(H,36,37). The average Bonchev–Trinajstić information content (AvgIpc) is 2.97. The lowest BCUT2D eigenvalue weighted by Gasteiger charge is -2.16. The van der Waals surface area contributed by atoms with Gasteiger partial charge in [0.15, 0.2) is 11.6 Å². The van der Waals surface area contributed by atoms with Crippen molar-refractivity contribution in [3.05, 3.63) is 106 Å². The number of anilines is 2. The number of nitrogens with two attached hydrogens (primary N) is 1. The van der Waals surface area contributed by atoms with Gasteiger partial charge in [0.2, 0.25) is 5.43 Å². The molecule has 10 nitrogen and oxygen atoms in total. The molecular formula is C30H22ClF2N5O5. The number of fused-ring (bicyclic) bond motifs is 1. The smallest absolute Gasteiger partial charge is 0.325 e. The molecule has 13 heteroatoms. The minimum absolute atomic E-state index is 0.0312. The molecule has 0 fully saturated rings. The van der Waals surface area contributed by atoms with Crippen molar-refractivity contribution >= 4 is 45.9 Å². The Morgan fingerprint density at radius 1 is 1.02 bits per heavy atom. The summed E-state index contributed by atoms with van der Waals surface area (Å²) in [6.45, 7) is 1.63. The molecule has 0 spiro atoms. The number of halogens is 3. The van der Waals surface area contributed by atoms with E-state index in [-0.39, 0.29) is 57.8 Å². The van der Waals surface area contributed by atoms with Crippen LogP contribution in [-0.4, -0.2) is 33.0 Å². The third-order valence-corrected chi connectivity index (χ3v) is 6.62. The number of nitrogens with zero attached hydrogens (tertiary/aromatic N) is 3. The molecule has 3 heterocycles. The Morgan fingerprint density at radius 2 is 1.77 bits per heavy atom. The van der Waals surface area contributed by atoms with Crippen LogP contribution in [0.15, 0.2) is 78.0 Å². The third kappa shape index (κ3) is 6.14. The molecule has 0 saturated heterocycles. The summed E-state index contributed by atoms with van der Waals surface area (Å²) in [5.41, 5.74) is 5.76. The monoisotopic (exact) mass is 605 g/mol. The van der Waals surface area contributed by atoms with Gasteiger partial charge in [-0.15, -0.1) is 0 Å². The van der Waals surface area contributed by atoms with Crippen LogP contribution in [0, 0.1) is 11.6 Å². The van der Waals surface area contributed by atoms with E-state index in [1.807, 2.05) is 0 Å². The summed E-state index contributed by atoms with van der Waals surface area (Å²) in [6, 6.07) is 12.1. The number of aromatic nitrogens is 3. The van der Waals surface area contributed by atoms with Gasteiger partial charge in [0.1, 0.15) is 34.6 Å². The fourth-order valence-corrected chi connectivity index (χ4v) is 4.58. The highest BCUT2D eigenvalue weighted by Crippen LogP contribution is 2.34. The normalized spacial score (nSPS) is 10.9. The molecule has 43 heavy (non-hydrogen) atoms. The molecule has 5 aromatic rings. The number of ether oxygens (including phenoxy) is 2. The highest BCUT2D eigenvalue weighted by molar-refractivity contribution is 6.34. The Morgan fingerprint density at radius 3 is 2.47 bits per heavy atom. The zero-order valence-electron chi connectivity index (χ0n) is 22.4.